The van der Waals surface area contributed by atoms with Crippen molar-refractivity contribution in [3.8, 4) is 11.5 Å². The quantitative estimate of drug-likeness (QED) is 0.664. The zero-order chi connectivity index (χ0) is 11.1. The van der Waals surface area contributed by atoms with Crippen molar-refractivity contribution in [2.24, 2.45) is 0 Å². The average molecular weight is 205 g/mol. The van der Waals surface area contributed by atoms with E-state index in [4.69, 9.17) is 9.47 Å². The molecule has 1 radical (unpaired) electrons. The van der Waals surface area contributed by atoms with E-state index in [1.54, 1.807) is 7.11 Å². The summed E-state index contributed by atoms with van der Waals surface area (Å²) < 4.78 is 10.7. The molecule has 81 valence electrons. The molecule has 0 fully saturated rings. The minimum absolute atomic E-state index is 0.608. The zero-order valence-corrected chi connectivity index (χ0v) is 9.16. The van der Waals surface area contributed by atoms with Gasteiger partial charge in [-0.2, -0.15) is 0 Å². The first kappa shape index (κ1) is 11.6. The maximum Gasteiger partial charge on any atom is 0.161 e. The van der Waals surface area contributed by atoms with Crippen LogP contribution in [0.2, 0.25) is 0 Å². The summed E-state index contributed by atoms with van der Waals surface area (Å²) in [6.07, 6.45) is 3.45. The Balaban J connectivity index is 2.82. The largest absolute Gasteiger partial charge is 0.493 e. The van der Waals surface area contributed by atoms with Crippen LogP contribution in [0.5, 0.6) is 11.5 Å². The Bertz CT molecular complexity index is 318. The van der Waals surface area contributed by atoms with E-state index in [0.29, 0.717) is 6.61 Å². The lowest BCUT2D eigenvalue weighted by Crippen LogP contribution is -1.98. The Morgan fingerprint density at radius 2 is 2.13 bits per heavy atom. The molecule has 0 unspecified atom stereocenters. The van der Waals surface area contributed by atoms with Gasteiger partial charge in [0.2, 0.25) is 0 Å². The fourth-order valence-electron chi connectivity index (χ4n) is 1.31. The number of hydrogen-bond acceptors (Lipinski definition) is 2. The van der Waals surface area contributed by atoms with E-state index in [1.807, 2.05) is 24.3 Å². The topological polar surface area (TPSA) is 18.5 Å². The third-order valence-electron chi connectivity index (χ3n) is 2.01. The van der Waals surface area contributed by atoms with Crippen molar-refractivity contribution in [1.82, 2.24) is 0 Å². The van der Waals surface area contributed by atoms with Crippen molar-refractivity contribution in [3.05, 3.63) is 43.3 Å². The maximum atomic E-state index is 5.50. The van der Waals surface area contributed by atoms with Gasteiger partial charge < -0.3 is 9.47 Å². The van der Waals surface area contributed by atoms with Crippen molar-refractivity contribution in [1.29, 1.82) is 0 Å². The zero-order valence-electron chi connectivity index (χ0n) is 9.16. The van der Waals surface area contributed by atoms with E-state index in [9.17, 15) is 0 Å². The van der Waals surface area contributed by atoms with Crippen LogP contribution in [0.1, 0.15) is 12.0 Å². The van der Waals surface area contributed by atoms with Crippen molar-refractivity contribution in [2.45, 2.75) is 12.8 Å². The predicted octanol–water partition coefficient (Wildman–Crippen LogP) is 3.03. The second-order valence-corrected chi connectivity index (χ2v) is 3.18. The Hall–Kier alpha value is -1.44. The van der Waals surface area contributed by atoms with Gasteiger partial charge in [0.15, 0.2) is 11.5 Å². The molecular weight excluding hydrogens is 188 g/mol. The highest BCUT2D eigenvalue weighted by molar-refractivity contribution is 5.43. The SMILES string of the molecule is [CH2]CCOc1ccc(CC=C)cc1OC. The van der Waals surface area contributed by atoms with Gasteiger partial charge in [-0.3, -0.25) is 0 Å². The molecule has 15 heavy (non-hydrogen) atoms. The third kappa shape index (κ3) is 3.31. The van der Waals surface area contributed by atoms with Crippen LogP contribution in [0, 0.1) is 6.92 Å². The molecule has 0 aliphatic heterocycles. The van der Waals surface area contributed by atoms with Crippen LogP contribution < -0.4 is 9.47 Å². The number of methoxy groups -OCH3 is 1. The lowest BCUT2D eigenvalue weighted by Gasteiger charge is -2.10. The van der Waals surface area contributed by atoms with Gasteiger partial charge in [0.1, 0.15) is 0 Å². The molecule has 1 rings (SSSR count). The Kier molecular flexibility index (Phi) is 4.75. The Morgan fingerprint density at radius 3 is 2.73 bits per heavy atom. The molecule has 1 aromatic rings. The van der Waals surface area contributed by atoms with Crippen LogP contribution in [0.3, 0.4) is 0 Å². The number of hydrogen-bond donors (Lipinski definition) is 0. The van der Waals surface area contributed by atoms with Gasteiger partial charge in [-0.1, -0.05) is 12.1 Å². The molecule has 2 nitrogen and oxygen atoms in total. The number of rotatable bonds is 6. The summed E-state index contributed by atoms with van der Waals surface area (Å²) in [6.45, 7) is 8.04. The van der Waals surface area contributed by atoms with E-state index < -0.39 is 0 Å². The van der Waals surface area contributed by atoms with E-state index in [2.05, 4.69) is 13.5 Å². The molecule has 0 aliphatic carbocycles. The van der Waals surface area contributed by atoms with Crippen molar-refractivity contribution < 1.29 is 9.47 Å². The molecule has 0 aromatic heterocycles. The van der Waals surface area contributed by atoms with Gasteiger partial charge in [-0.15, -0.1) is 6.58 Å². The van der Waals surface area contributed by atoms with Gasteiger partial charge in [0, 0.05) is 0 Å². The second kappa shape index (κ2) is 6.12. The van der Waals surface area contributed by atoms with E-state index in [-0.39, 0.29) is 0 Å². The third-order valence-corrected chi connectivity index (χ3v) is 2.01. The molecule has 0 saturated heterocycles. The molecule has 0 amide bonds. The first-order valence-electron chi connectivity index (χ1n) is 5.01. The van der Waals surface area contributed by atoms with Gasteiger partial charge in [-0.05, 0) is 37.5 Å². The molecular formula is C13H17O2. The minimum Gasteiger partial charge on any atom is -0.493 e. The maximum absolute atomic E-state index is 5.50. The molecule has 0 heterocycles. The Morgan fingerprint density at radius 1 is 1.33 bits per heavy atom. The highest BCUT2D eigenvalue weighted by atomic mass is 16.5. The molecule has 0 spiro atoms. The summed E-state index contributed by atoms with van der Waals surface area (Å²) in [7, 11) is 1.64. The lowest BCUT2D eigenvalue weighted by atomic mass is 10.1. The summed E-state index contributed by atoms with van der Waals surface area (Å²) in [6, 6.07) is 5.91. The first-order valence-corrected chi connectivity index (χ1v) is 5.01. The van der Waals surface area contributed by atoms with E-state index >= 15 is 0 Å². The van der Waals surface area contributed by atoms with E-state index in [1.165, 1.54) is 5.56 Å². The summed E-state index contributed by atoms with van der Waals surface area (Å²) in [4.78, 5) is 0. The molecule has 0 aliphatic rings. The fraction of sp³-hybridized carbons (Fsp3) is 0.308. The van der Waals surface area contributed by atoms with Gasteiger partial charge >= 0.3 is 0 Å². The summed E-state index contributed by atoms with van der Waals surface area (Å²) >= 11 is 0. The molecule has 2 heteroatoms. The monoisotopic (exact) mass is 205 g/mol. The molecule has 0 N–H and O–H groups in total. The first-order chi connectivity index (χ1) is 7.31. The summed E-state index contributed by atoms with van der Waals surface area (Å²) in [5.74, 6) is 1.54. The Labute approximate surface area is 91.5 Å². The number of benzene rings is 1. The molecule has 0 saturated carbocycles. The van der Waals surface area contributed by atoms with Crippen LogP contribution in [0.4, 0.5) is 0 Å². The van der Waals surface area contributed by atoms with Crippen molar-refractivity contribution in [2.75, 3.05) is 13.7 Å². The highest BCUT2D eigenvalue weighted by Crippen LogP contribution is 2.28. The molecule has 1 aromatic carbocycles. The van der Waals surface area contributed by atoms with Gasteiger partial charge in [0.25, 0.3) is 0 Å². The number of ether oxygens (including phenoxy) is 2. The van der Waals surface area contributed by atoms with E-state index in [0.717, 1.165) is 24.3 Å². The van der Waals surface area contributed by atoms with Crippen LogP contribution in [0.15, 0.2) is 30.9 Å². The summed E-state index contributed by atoms with van der Waals surface area (Å²) in [5, 5.41) is 0. The van der Waals surface area contributed by atoms with Gasteiger partial charge in [-0.25, -0.2) is 0 Å². The second-order valence-electron chi connectivity index (χ2n) is 3.18. The van der Waals surface area contributed by atoms with Gasteiger partial charge in [0.05, 0.1) is 13.7 Å². The lowest BCUT2D eigenvalue weighted by molar-refractivity contribution is 0.299. The molecule has 0 atom stereocenters. The minimum atomic E-state index is 0.608. The van der Waals surface area contributed by atoms with Crippen LogP contribution in [-0.2, 0) is 6.42 Å². The molecule has 0 bridgehead atoms. The normalized spacial score (nSPS) is 9.73. The van der Waals surface area contributed by atoms with Crippen LogP contribution >= 0.6 is 0 Å². The highest BCUT2D eigenvalue weighted by Gasteiger charge is 2.04. The van der Waals surface area contributed by atoms with Crippen LogP contribution in [0.25, 0.3) is 0 Å². The van der Waals surface area contributed by atoms with Crippen molar-refractivity contribution >= 4 is 0 Å². The van der Waals surface area contributed by atoms with Crippen LogP contribution in [-0.4, -0.2) is 13.7 Å². The standard InChI is InChI=1S/C13H17O2/c1-4-6-11-7-8-12(15-9-5-2)13(10-11)14-3/h4,7-8,10H,1-2,5-6,9H2,3H3. The average Bonchev–Trinajstić information content (AvgIpc) is 2.27. The predicted molar refractivity (Wildman–Crippen MR) is 62.4 cm³/mol. The number of allylic oxidation sites excluding steroid dienone is 1. The van der Waals surface area contributed by atoms with Crippen molar-refractivity contribution in [3.63, 3.8) is 0 Å². The fourth-order valence-corrected chi connectivity index (χ4v) is 1.31. The summed E-state index contributed by atoms with van der Waals surface area (Å²) in [5.41, 5.74) is 1.17. The smallest absolute Gasteiger partial charge is 0.161 e.